The van der Waals surface area contributed by atoms with Crippen molar-refractivity contribution >= 4 is 29.1 Å². The van der Waals surface area contributed by atoms with Gasteiger partial charge in [0, 0.05) is 17.7 Å². The highest BCUT2D eigenvalue weighted by Gasteiger charge is 2.17. The predicted octanol–water partition coefficient (Wildman–Crippen LogP) is 2.48. The third kappa shape index (κ3) is 4.92. The standard InChI is InChI=1S/C16H14ClN3O5/c1-10(25-14-8-3-2-7-13(14)17)15(21)18-19-16(22)11-5-4-6-12(9-11)20(23)24/h2-10H,1H3,(H,18,21)(H,19,22). The molecule has 130 valence electrons. The van der Waals surface area contributed by atoms with E-state index in [-0.39, 0.29) is 11.3 Å². The van der Waals surface area contributed by atoms with Gasteiger partial charge in [0.1, 0.15) is 5.75 Å². The second-order valence-electron chi connectivity index (χ2n) is 4.94. The van der Waals surface area contributed by atoms with Gasteiger partial charge in [0.25, 0.3) is 17.5 Å². The van der Waals surface area contributed by atoms with Gasteiger partial charge in [0.2, 0.25) is 0 Å². The molecule has 0 aliphatic heterocycles. The van der Waals surface area contributed by atoms with Crippen LogP contribution < -0.4 is 15.6 Å². The first-order chi connectivity index (χ1) is 11.9. The van der Waals surface area contributed by atoms with E-state index in [1.54, 1.807) is 24.3 Å². The van der Waals surface area contributed by atoms with Crippen LogP contribution in [0.25, 0.3) is 0 Å². The number of hydrogen-bond acceptors (Lipinski definition) is 5. The number of hydrazine groups is 1. The molecule has 2 N–H and O–H groups in total. The molecule has 0 saturated heterocycles. The van der Waals surface area contributed by atoms with Gasteiger partial charge in [0.15, 0.2) is 6.10 Å². The summed E-state index contributed by atoms with van der Waals surface area (Å²) in [5.41, 5.74) is 4.17. The Bertz CT molecular complexity index is 812. The minimum Gasteiger partial charge on any atom is -0.479 e. The fourth-order valence-electron chi connectivity index (χ4n) is 1.84. The number of non-ortho nitro benzene ring substituents is 1. The van der Waals surface area contributed by atoms with Crippen LogP contribution in [0.4, 0.5) is 5.69 Å². The van der Waals surface area contributed by atoms with Crippen LogP contribution in [-0.4, -0.2) is 22.8 Å². The summed E-state index contributed by atoms with van der Waals surface area (Å²) in [4.78, 5) is 34.0. The number of benzene rings is 2. The quantitative estimate of drug-likeness (QED) is 0.626. The number of ether oxygens (including phenoxy) is 1. The maximum atomic E-state index is 12.0. The van der Waals surface area contributed by atoms with E-state index in [1.807, 2.05) is 0 Å². The van der Waals surface area contributed by atoms with Crippen LogP contribution in [0.2, 0.25) is 5.02 Å². The third-order valence-corrected chi connectivity index (χ3v) is 3.44. The maximum Gasteiger partial charge on any atom is 0.279 e. The van der Waals surface area contributed by atoms with Crippen molar-refractivity contribution in [1.82, 2.24) is 10.9 Å². The number of rotatable bonds is 5. The molecular weight excluding hydrogens is 350 g/mol. The van der Waals surface area contributed by atoms with Gasteiger partial charge in [-0.3, -0.25) is 30.6 Å². The molecule has 2 rings (SSSR count). The number of hydrogen-bond donors (Lipinski definition) is 2. The number of nitrogens with one attached hydrogen (secondary N) is 2. The number of nitrogens with zero attached hydrogens (tertiary/aromatic N) is 1. The Kier molecular flexibility index (Phi) is 5.91. The Morgan fingerprint density at radius 3 is 2.56 bits per heavy atom. The van der Waals surface area contributed by atoms with E-state index in [1.165, 1.54) is 25.1 Å². The molecule has 1 atom stereocenters. The molecule has 0 fully saturated rings. The van der Waals surface area contributed by atoms with E-state index in [2.05, 4.69) is 10.9 Å². The first-order valence-electron chi connectivity index (χ1n) is 7.14. The highest BCUT2D eigenvalue weighted by atomic mass is 35.5. The molecule has 25 heavy (non-hydrogen) atoms. The van der Waals surface area contributed by atoms with Crippen LogP contribution in [0.15, 0.2) is 48.5 Å². The van der Waals surface area contributed by atoms with Gasteiger partial charge in [0.05, 0.1) is 9.95 Å². The van der Waals surface area contributed by atoms with E-state index in [4.69, 9.17) is 16.3 Å². The molecular formula is C16H14ClN3O5. The van der Waals surface area contributed by atoms with Gasteiger partial charge in [-0.25, -0.2) is 0 Å². The number of nitro groups is 1. The first kappa shape index (κ1) is 18.2. The zero-order valence-electron chi connectivity index (χ0n) is 13.1. The monoisotopic (exact) mass is 363 g/mol. The van der Waals surface area contributed by atoms with Gasteiger partial charge in [-0.1, -0.05) is 29.8 Å². The maximum absolute atomic E-state index is 12.0. The summed E-state index contributed by atoms with van der Waals surface area (Å²) in [5, 5.41) is 11.1. The van der Waals surface area contributed by atoms with Crippen molar-refractivity contribution in [3.05, 3.63) is 69.2 Å². The molecule has 0 aliphatic rings. The lowest BCUT2D eigenvalue weighted by molar-refractivity contribution is -0.384. The second-order valence-corrected chi connectivity index (χ2v) is 5.35. The smallest absolute Gasteiger partial charge is 0.279 e. The number of amides is 2. The molecule has 1 unspecified atom stereocenters. The fourth-order valence-corrected chi connectivity index (χ4v) is 2.02. The van der Waals surface area contributed by atoms with Crippen molar-refractivity contribution in [1.29, 1.82) is 0 Å². The molecule has 2 aromatic carbocycles. The Balaban J connectivity index is 1.92. The average Bonchev–Trinajstić information content (AvgIpc) is 2.61. The van der Waals surface area contributed by atoms with E-state index >= 15 is 0 Å². The number of para-hydroxylation sites is 1. The average molecular weight is 364 g/mol. The van der Waals surface area contributed by atoms with Crippen LogP contribution in [0.5, 0.6) is 5.75 Å². The number of halogens is 1. The Morgan fingerprint density at radius 1 is 1.16 bits per heavy atom. The van der Waals surface area contributed by atoms with Crippen LogP contribution in [-0.2, 0) is 4.79 Å². The van der Waals surface area contributed by atoms with E-state index < -0.39 is 22.8 Å². The predicted molar refractivity (Wildman–Crippen MR) is 90.2 cm³/mol. The van der Waals surface area contributed by atoms with E-state index in [9.17, 15) is 19.7 Å². The Labute approximate surface area is 147 Å². The molecule has 8 nitrogen and oxygen atoms in total. The molecule has 0 radical (unpaired) electrons. The fraction of sp³-hybridized carbons (Fsp3) is 0.125. The first-order valence-corrected chi connectivity index (χ1v) is 7.52. The van der Waals surface area contributed by atoms with Crippen molar-refractivity contribution < 1.29 is 19.2 Å². The van der Waals surface area contributed by atoms with Crippen LogP contribution in [0.3, 0.4) is 0 Å². The van der Waals surface area contributed by atoms with Crippen molar-refractivity contribution in [3.63, 3.8) is 0 Å². The summed E-state index contributed by atoms with van der Waals surface area (Å²) < 4.78 is 5.41. The summed E-state index contributed by atoms with van der Waals surface area (Å²) in [6.07, 6.45) is -0.926. The molecule has 2 aromatic rings. The largest absolute Gasteiger partial charge is 0.479 e. The van der Waals surface area contributed by atoms with Crippen LogP contribution in [0.1, 0.15) is 17.3 Å². The minimum atomic E-state index is -0.926. The molecule has 0 aliphatic carbocycles. The molecule has 0 spiro atoms. The normalized spacial score (nSPS) is 11.3. The summed E-state index contributed by atoms with van der Waals surface area (Å²) in [6.45, 7) is 1.48. The lowest BCUT2D eigenvalue weighted by Crippen LogP contribution is -2.47. The van der Waals surface area contributed by atoms with Gasteiger partial charge < -0.3 is 4.74 Å². The Morgan fingerprint density at radius 2 is 1.88 bits per heavy atom. The number of carbonyl (C=O) groups is 2. The highest BCUT2D eigenvalue weighted by Crippen LogP contribution is 2.24. The van der Waals surface area contributed by atoms with E-state index in [0.29, 0.717) is 10.8 Å². The molecule has 0 bridgehead atoms. The van der Waals surface area contributed by atoms with Crippen molar-refractivity contribution in [2.24, 2.45) is 0 Å². The molecule has 9 heteroatoms. The minimum absolute atomic E-state index is 0.0363. The zero-order valence-corrected chi connectivity index (χ0v) is 13.8. The van der Waals surface area contributed by atoms with Crippen LogP contribution >= 0.6 is 11.6 Å². The second kappa shape index (κ2) is 8.11. The topological polar surface area (TPSA) is 111 Å². The lowest BCUT2D eigenvalue weighted by atomic mass is 10.2. The SMILES string of the molecule is CC(Oc1ccccc1Cl)C(=O)NNC(=O)c1cccc([N+](=O)[O-])c1. The summed E-state index contributed by atoms with van der Waals surface area (Å²) in [6, 6.07) is 11.8. The molecule has 2 amide bonds. The van der Waals surface area contributed by atoms with Gasteiger partial charge >= 0.3 is 0 Å². The number of carbonyl (C=O) groups excluding carboxylic acids is 2. The molecule has 0 heterocycles. The summed E-state index contributed by atoms with van der Waals surface area (Å²) in [5.74, 6) is -0.975. The van der Waals surface area contributed by atoms with Gasteiger partial charge in [-0.05, 0) is 25.1 Å². The zero-order chi connectivity index (χ0) is 18.4. The van der Waals surface area contributed by atoms with Crippen molar-refractivity contribution in [2.75, 3.05) is 0 Å². The molecule has 0 aromatic heterocycles. The highest BCUT2D eigenvalue weighted by molar-refractivity contribution is 6.32. The summed E-state index contributed by atoms with van der Waals surface area (Å²) in [7, 11) is 0. The van der Waals surface area contributed by atoms with Crippen molar-refractivity contribution in [2.45, 2.75) is 13.0 Å². The lowest BCUT2D eigenvalue weighted by Gasteiger charge is -2.15. The van der Waals surface area contributed by atoms with Crippen molar-refractivity contribution in [3.8, 4) is 5.75 Å². The van der Waals surface area contributed by atoms with Gasteiger partial charge in [-0.15, -0.1) is 0 Å². The van der Waals surface area contributed by atoms with Crippen LogP contribution in [0, 0.1) is 10.1 Å². The summed E-state index contributed by atoms with van der Waals surface area (Å²) >= 11 is 5.94. The molecule has 0 saturated carbocycles. The van der Waals surface area contributed by atoms with Gasteiger partial charge in [-0.2, -0.15) is 0 Å². The number of nitro benzene ring substituents is 1. The Hall–Kier alpha value is -3.13. The van der Waals surface area contributed by atoms with E-state index in [0.717, 1.165) is 6.07 Å². The third-order valence-electron chi connectivity index (χ3n) is 3.13.